The average Bonchev–Trinajstić information content (AvgIpc) is 2.71. The van der Waals surface area contributed by atoms with Crippen molar-refractivity contribution in [1.82, 2.24) is 9.97 Å². The summed E-state index contributed by atoms with van der Waals surface area (Å²) in [6, 6.07) is 5.56. The number of rotatable bonds is 4. The Hall–Kier alpha value is -1.52. The fourth-order valence-electron chi connectivity index (χ4n) is 1.84. The van der Waals surface area contributed by atoms with E-state index in [1.54, 1.807) is 7.11 Å². The number of aliphatic hydroxyl groups excluding tert-OH is 1. The van der Waals surface area contributed by atoms with Gasteiger partial charge in [0, 0.05) is 17.7 Å². The first-order valence-electron chi connectivity index (χ1n) is 5.66. The maximum Gasteiger partial charge on any atom is 0.137 e. The lowest BCUT2D eigenvalue weighted by Gasteiger charge is -2.04. The van der Waals surface area contributed by atoms with Crippen LogP contribution in [0.25, 0.3) is 11.3 Å². The van der Waals surface area contributed by atoms with Crippen LogP contribution >= 0.6 is 11.6 Å². The van der Waals surface area contributed by atoms with Crippen molar-refractivity contribution in [3.05, 3.63) is 34.7 Å². The number of aromatic nitrogens is 2. The number of aromatic amines is 1. The van der Waals surface area contributed by atoms with E-state index in [1.807, 2.05) is 25.1 Å². The molecule has 0 saturated carbocycles. The van der Waals surface area contributed by atoms with Gasteiger partial charge in [-0.05, 0) is 25.1 Å². The second-order valence-corrected chi connectivity index (χ2v) is 4.39. The molecule has 0 saturated heterocycles. The number of ether oxygens (including phenoxy) is 1. The Morgan fingerprint density at radius 2 is 2.22 bits per heavy atom. The molecular weight excluding hydrogens is 252 g/mol. The SMILES string of the molecule is COc1ccc(-c2nc(CCO)[nH]c2C)cc1Cl. The zero-order valence-corrected chi connectivity index (χ0v) is 11.1. The molecule has 0 aliphatic heterocycles. The van der Waals surface area contributed by atoms with Crippen molar-refractivity contribution < 1.29 is 9.84 Å². The summed E-state index contributed by atoms with van der Waals surface area (Å²) in [6.45, 7) is 2.02. The van der Waals surface area contributed by atoms with Crippen LogP contribution in [0.5, 0.6) is 5.75 Å². The molecule has 18 heavy (non-hydrogen) atoms. The van der Waals surface area contributed by atoms with Gasteiger partial charge in [0.15, 0.2) is 0 Å². The molecule has 1 heterocycles. The maximum atomic E-state index is 8.91. The standard InChI is InChI=1S/C13H15ClN2O2/c1-8-13(16-12(15-8)5-6-17)9-3-4-11(18-2)10(14)7-9/h3-4,7,17H,5-6H2,1-2H3,(H,15,16). The largest absolute Gasteiger partial charge is 0.495 e. The Balaban J connectivity index is 2.39. The molecule has 0 spiro atoms. The van der Waals surface area contributed by atoms with E-state index in [2.05, 4.69) is 9.97 Å². The highest BCUT2D eigenvalue weighted by molar-refractivity contribution is 6.32. The lowest BCUT2D eigenvalue weighted by atomic mass is 10.1. The molecule has 0 unspecified atom stereocenters. The third kappa shape index (κ3) is 2.49. The van der Waals surface area contributed by atoms with Crippen LogP contribution in [0.4, 0.5) is 0 Å². The van der Waals surface area contributed by atoms with Gasteiger partial charge < -0.3 is 14.8 Å². The molecule has 2 aromatic rings. The smallest absolute Gasteiger partial charge is 0.137 e. The van der Waals surface area contributed by atoms with Gasteiger partial charge in [0.1, 0.15) is 11.6 Å². The quantitative estimate of drug-likeness (QED) is 0.894. The predicted molar refractivity (Wildman–Crippen MR) is 71.1 cm³/mol. The van der Waals surface area contributed by atoms with Crippen LogP contribution in [0.15, 0.2) is 18.2 Å². The number of benzene rings is 1. The first kappa shape index (κ1) is 12.9. The highest BCUT2D eigenvalue weighted by atomic mass is 35.5. The zero-order chi connectivity index (χ0) is 13.1. The molecular formula is C13H15ClN2O2. The van der Waals surface area contributed by atoms with E-state index in [0.29, 0.717) is 17.2 Å². The van der Waals surface area contributed by atoms with Crippen LogP contribution in [0.3, 0.4) is 0 Å². The van der Waals surface area contributed by atoms with Gasteiger partial charge in [-0.2, -0.15) is 0 Å². The number of hydrogen-bond acceptors (Lipinski definition) is 3. The second-order valence-electron chi connectivity index (χ2n) is 3.98. The summed E-state index contributed by atoms with van der Waals surface area (Å²) in [6.07, 6.45) is 0.519. The summed E-state index contributed by atoms with van der Waals surface area (Å²) in [5.74, 6) is 1.42. The monoisotopic (exact) mass is 266 g/mol. The molecule has 2 rings (SSSR count). The van der Waals surface area contributed by atoms with Crippen LogP contribution in [0.1, 0.15) is 11.5 Å². The van der Waals surface area contributed by atoms with Gasteiger partial charge in [-0.3, -0.25) is 0 Å². The molecule has 5 heteroatoms. The van der Waals surface area contributed by atoms with Crippen molar-refractivity contribution in [3.8, 4) is 17.0 Å². The van der Waals surface area contributed by atoms with Crippen LogP contribution in [-0.4, -0.2) is 28.8 Å². The number of H-pyrrole nitrogens is 1. The number of nitrogens with zero attached hydrogens (tertiary/aromatic N) is 1. The minimum Gasteiger partial charge on any atom is -0.495 e. The molecule has 0 bridgehead atoms. The third-order valence-electron chi connectivity index (χ3n) is 2.71. The lowest BCUT2D eigenvalue weighted by Crippen LogP contribution is -1.92. The number of aliphatic hydroxyl groups is 1. The highest BCUT2D eigenvalue weighted by Gasteiger charge is 2.10. The van der Waals surface area contributed by atoms with E-state index in [9.17, 15) is 0 Å². The van der Waals surface area contributed by atoms with E-state index in [-0.39, 0.29) is 6.61 Å². The lowest BCUT2D eigenvalue weighted by molar-refractivity contribution is 0.297. The molecule has 2 N–H and O–H groups in total. The van der Waals surface area contributed by atoms with Crippen molar-refractivity contribution >= 4 is 11.6 Å². The van der Waals surface area contributed by atoms with Crippen molar-refractivity contribution in [3.63, 3.8) is 0 Å². The van der Waals surface area contributed by atoms with Gasteiger partial charge in [0.05, 0.1) is 24.4 Å². The van der Waals surface area contributed by atoms with Crippen LogP contribution < -0.4 is 4.74 Å². The van der Waals surface area contributed by atoms with Gasteiger partial charge in [0.2, 0.25) is 0 Å². The second kappa shape index (κ2) is 5.42. The Labute approximate surface area is 111 Å². The van der Waals surface area contributed by atoms with Gasteiger partial charge in [-0.1, -0.05) is 11.6 Å². The van der Waals surface area contributed by atoms with Gasteiger partial charge in [-0.15, -0.1) is 0 Å². The Bertz CT molecular complexity index is 552. The van der Waals surface area contributed by atoms with Crippen LogP contribution in [0, 0.1) is 6.92 Å². The van der Waals surface area contributed by atoms with Crippen molar-refractivity contribution in [2.75, 3.05) is 13.7 Å². The molecule has 1 aromatic heterocycles. The van der Waals surface area contributed by atoms with E-state index in [1.165, 1.54) is 0 Å². The molecule has 0 aliphatic rings. The summed E-state index contributed by atoms with van der Waals surface area (Å²) in [5, 5.41) is 9.46. The van der Waals surface area contributed by atoms with Crippen molar-refractivity contribution in [2.24, 2.45) is 0 Å². The average molecular weight is 267 g/mol. The zero-order valence-electron chi connectivity index (χ0n) is 10.3. The Morgan fingerprint density at radius 1 is 1.44 bits per heavy atom. The van der Waals surface area contributed by atoms with Crippen LogP contribution in [-0.2, 0) is 6.42 Å². The van der Waals surface area contributed by atoms with E-state index >= 15 is 0 Å². The van der Waals surface area contributed by atoms with E-state index in [0.717, 1.165) is 22.8 Å². The summed E-state index contributed by atoms with van der Waals surface area (Å²) in [5.41, 5.74) is 2.74. The summed E-state index contributed by atoms with van der Waals surface area (Å²) in [4.78, 5) is 7.60. The molecule has 0 fully saturated rings. The molecule has 1 aromatic carbocycles. The van der Waals surface area contributed by atoms with Gasteiger partial charge >= 0.3 is 0 Å². The number of imidazole rings is 1. The normalized spacial score (nSPS) is 10.7. The van der Waals surface area contributed by atoms with Gasteiger partial charge in [0.25, 0.3) is 0 Å². The summed E-state index contributed by atoms with van der Waals surface area (Å²) >= 11 is 6.10. The number of nitrogens with one attached hydrogen (secondary N) is 1. The Morgan fingerprint density at radius 3 is 2.83 bits per heavy atom. The maximum absolute atomic E-state index is 8.91. The predicted octanol–water partition coefficient (Wildman–Crippen LogP) is 2.58. The fraction of sp³-hybridized carbons (Fsp3) is 0.308. The molecule has 0 amide bonds. The number of halogens is 1. The summed E-state index contributed by atoms with van der Waals surface area (Å²) < 4.78 is 5.12. The fourth-order valence-corrected chi connectivity index (χ4v) is 2.10. The van der Waals surface area contributed by atoms with E-state index in [4.69, 9.17) is 21.4 Å². The molecule has 4 nitrogen and oxygen atoms in total. The molecule has 0 atom stereocenters. The first-order valence-corrected chi connectivity index (χ1v) is 6.03. The van der Waals surface area contributed by atoms with Crippen LogP contribution in [0.2, 0.25) is 5.02 Å². The van der Waals surface area contributed by atoms with E-state index < -0.39 is 0 Å². The number of aryl methyl sites for hydroxylation is 1. The summed E-state index contributed by atoms with van der Waals surface area (Å²) in [7, 11) is 1.58. The topological polar surface area (TPSA) is 58.1 Å². The Kier molecular flexibility index (Phi) is 3.89. The first-order chi connectivity index (χ1) is 8.65. The van der Waals surface area contributed by atoms with Crippen molar-refractivity contribution in [1.29, 1.82) is 0 Å². The third-order valence-corrected chi connectivity index (χ3v) is 3.00. The molecule has 0 radical (unpaired) electrons. The number of hydrogen-bond donors (Lipinski definition) is 2. The highest BCUT2D eigenvalue weighted by Crippen LogP contribution is 2.30. The molecule has 0 aliphatic carbocycles. The van der Waals surface area contributed by atoms with Gasteiger partial charge in [-0.25, -0.2) is 4.98 Å². The number of methoxy groups -OCH3 is 1. The minimum absolute atomic E-state index is 0.0791. The molecule has 96 valence electrons. The van der Waals surface area contributed by atoms with Crippen molar-refractivity contribution in [2.45, 2.75) is 13.3 Å². The minimum atomic E-state index is 0.0791.